The highest BCUT2D eigenvalue weighted by Crippen LogP contribution is 2.21. The van der Waals surface area contributed by atoms with Crippen LogP contribution in [0.25, 0.3) is 0 Å². The van der Waals surface area contributed by atoms with Crippen molar-refractivity contribution in [2.45, 2.75) is 38.8 Å². The molecule has 0 aliphatic rings. The molecule has 0 aromatic heterocycles. The number of hydrogen-bond acceptors (Lipinski definition) is 3. The van der Waals surface area contributed by atoms with E-state index in [-0.39, 0.29) is 11.6 Å². The van der Waals surface area contributed by atoms with E-state index in [1.807, 2.05) is 26.0 Å². The van der Waals surface area contributed by atoms with Crippen molar-refractivity contribution in [3.63, 3.8) is 0 Å². The topological polar surface area (TPSA) is 38.5 Å². The second-order valence-electron chi connectivity index (χ2n) is 5.59. The van der Waals surface area contributed by atoms with Crippen LogP contribution in [-0.2, 0) is 6.42 Å². The summed E-state index contributed by atoms with van der Waals surface area (Å²) in [5.41, 5.74) is 7.14. The zero-order chi connectivity index (χ0) is 13.8. The monoisotopic (exact) mass is 250 g/mol. The first-order chi connectivity index (χ1) is 8.37. The molecule has 0 aliphatic carbocycles. The number of rotatable bonds is 6. The standard InChI is InChI=1S/C15H26N2O/c1-12(2)18-14-8-6-7-13(9-14)10-15(3,11-16)17(4)5/h6-9,12H,10-11,16H2,1-5H3. The minimum Gasteiger partial charge on any atom is -0.491 e. The minimum absolute atomic E-state index is 0.0174. The third kappa shape index (κ3) is 4.00. The predicted molar refractivity (Wildman–Crippen MR) is 77.1 cm³/mol. The highest BCUT2D eigenvalue weighted by Gasteiger charge is 2.25. The molecule has 1 aromatic rings. The summed E-state index contributed by atoms with van der Waals surface area (Å²) < 4.78 is 5.72. The van der Waals surface area contributed by atoms with E-state index >= 15 is 0 Å². The maximum Gasteiger partial charge on any atom is 0.119 e. The second-order valence-corrected chi connectivity index (χ2v) is 5.59. The van der Waals surface area contributed by atoms with E-state index in [9.17, 15) is 0 Å². The Balaban J connectivity index is 2.84. The van der Waals surface area contributed by atoms with Gasteiger partial charge in [0.2, 0.25) is 0 Å². The van der Waals surface area contributed by atoms with Gasteiger partial charge in [-0.1, -0.05) is 12.1 Å². The lowest BCUT2D eigenvalue weighted by Gasteiger charge is -2.35. The van der Waals surface area contributed by atoms with E-state index in [1.165, 1.54) is 5.56 Å². The van der Waals surface area contributed by atoms with Crippen molar-refractivity contribution in [1.29, 1.82) is 0 Å². The molecule has 1 rings (SSSR count). The summed E-state index contributed by atoms with van der Waals surface area (Å²) in [5.74, 6) is 0.931. The first kappa shape index (κ1) is 15.0. The van der Waals surface area contributed by atoms with E-state index in [2.05, 4.69) is 38.1 Å². The Morgan fingerprint density at radius 2 is 2.00 bits per heavy atom. The van der Waals surface area contributed by atoms with Gasteiger partial charge in [0, 0.05) is 12.1 Å². The van der Waals surface area contributed by atoms with Crippen LogP contribution in [0.15, 0.2) is 24.3 Å². The van der Waals surface area contributed by atoms with Crippen LogP contribution >= 0.6 is 0 Å². The zero-order valence-corrected chi connectivity index (χ0v) is 12.2. The highest BCUT2D eigenvalue weighted by atomic mass is 16.5. The molecule has 1 unspecified atom stereocenters. The molecule has 0 radical (unpaired) electrons. The van der Waals surface area contributed by atoms with Gasteiger partial charge in [-0.2, -0.15) is 0 Å². The van der Waals surface area contributed by atoms with Crippen molar-refractivity contribution in [2.24, 2.45) is 5.73 Å². The van der Waals surface area contributed by atoms with Crippen molar-refractivity contribution in [3.8, 4) is 5.75 Å². The average Bonchev–Trinajstić information content (AvgIpc) is 2.28. The van der Waals surface area contributed by atoms with Crippen molar-refractivity contribution < 1.29 is 4.74 Å². The van der Waals surface area contributed by atoms with Crippen LogP contribution in [0.5, 0.6) is 5.75 Å². The Morgan fingerprint density at radius 1 is 1.33 bits per heavy atom. The van der Waals surface area contributed by atoms with Gasteiger partial charge >= 0.3 is 0 Å². The molecule has 0 amide bonds. The largest absolute Gasteiger partial charge is 0.491 e. The fraction of sp³-hybridized carbons (Fsp3) is 0.600. The second kappa shape index (κ2) is 6.21. The maximum absolute atomic E-state index is 5.90. The third-order valence-corrected chi connectivity index (χ3v) is 3.37. The number of benzene rings is 1. The molecule has 102 valence electrons. The van der Waals surface area contributed by atoms with Gasteiger partial charge in [0.1, 0.15) is 5.75 Å². The Bertz CT molecular complexity index is 377. The van der Waals surface area contributed by atoms with E-state index in [0.717, 1.165) is 12.2 Å². The lowest BCUT2D eigenvalue weighted by molar-refractivity contribution is 0.180. The molecule has 0 heterocycles. The minimum atomic E-state index is -0.0174. The zero-order valence-electron chi connectivity index (χ0n) is 12.2. The summed E-state index contributed by atoms with van der Waals surface area (Å²) in [6.45, 7) is 6.89. The molecule has 0 bridgehead atoms. The SMILES string of the molecule is CC(C)Oc1cccc(CC(C)(CN)N(C)C)c1. The number of hydrogen-bond donors (Lipinski definition) is 1. The quantitative estimate of drug-likeness (QED) is 0.842. The van der Waals surface area contributed by atoms with Gasteiger partial charge in [-0.15, -0.1) is 0 Å². The first-order valence-electron chi connectivity index (χ1n) is 6.50. The van der Waals surface area contributed by atoms with Crippen LogP contribution in [0.3, 0.4) is 0 Å². The molecule has 0 aliphatic heterocycles. The maximum atomic E-state index is 5.90. The number of nitrogens with zero attached hydrogens (tertiary/aromatic N) is 1. The molecule has 3 heteroatoms. The Labute approximate surface area is 111 Å². The van der Waals surface area contributed by atoms with Gasteiger partial charge in [-0.25, -0.2) is 0 Å². The van der Waals surface area contributed by atoms with E-state index in [0.29, 0.717) is 6.54 Å². The van der Waals surface area contributed by atoms with Crippen molar-refractivity contribution in [1.82, 2.24) is 4.90 Å². The Morgan fingerprint density at radius 3 is 2.50 bits per heavy atom. The van der Waals surface area contributed by atoms with E-state index in [4.69, 9.17) is 10.5 Å². The van der Waals surface area contributed by atoms with Crippen LogP contribution in [0.1, 0.15) is 26.3 Å². The molecule has 1 atom stereocenters. The lowest BCUT2D eigenvalue weighted by Crippen LogP contribution is -2.49. The first-order valence-corrected chi connectivity index (χ1v) is 6.50. The third-order valence-electron chi connectivity index (χ3n) is 3.37. The molecular weight excluding hydrogens is 224 g/mol. The molecule has 0 fully saturated rings. The molecule has 18 heavy (non-hydrogen) atoms. The summed E-state index contributed by atoms with van der Waals surface area (Å²) in [4.78, 5) is 2.18. The van der Waals surface area contributed by atoms with Gasteiger partial charge in [0.15, 0.2) is 0 Å². The number of ether oxygens (including phenoxy) is 1. The summed E-state index contributed by atoms with van der Waals surface area (Å²) in [6, 6.07) is 8.28. The molecule has 0 saturated heterocycles. The summed E-state index contributed by atoms with van der Waals surface area (Å²) in [6.07, 6.45) is 1.13. The summed E-state index contributed by atoms with van der Waals surface area (Å²) in [5, 5.41) is 0. The van der Waals surface area contributed by atoms with Gasteiger partial charge in [-0.3, -0.25) is 0 Å². The molecule has 3 nitrogen and oxygen atoms in total. The Hall–Kier alpha value is -1.06. The molecule has 1 aromatic carbocycles. The van der Waals surface area contributed by atoms with Gasteiger partial charge in [-0.05, 0) is 59.0 Å². The van der Waals surface area contributed by atoms with Crippen LogP contribution in [0, 0.1) is 0 Å². The van der Waals surface area contributed by atoms with Crippen LogP contribution < -0.4 is 10.5 Å². The molecule has 0 spiro atoms. The van der Waals surface area contributed by atoms with Crippen LogP contribution in [0.4, 0.5) is 0 Å². The van der Waals surface area contributed by atoms with Crippen LogP contribution in [-0.4, -0.2) is 37.2 Å². The predicted octanol–water partition coefficient (Wildman–Crippen LogP) is 2.30. The smallest absolute Gasteiger partial charge is 0.119 e. The highest BCUT2D eigenvalue weighted by molar-refractivity contribution is 5.30. The molecular formula is C15H26N2O. The van der Waals surface area contributed by atoms with Crippen LogP contribution in [0.2, 0.25) is 0 Å². The lowest BCUT2D eigenvalue weighted by atomic mass is 9.91. The van der Waals surface area contributed by atoms with Gasteiger partial charge in [0.05, 0.1) is 6.10 Å². The fourth-order valence-electron chi connectivity index (χ4n) is 1.85. The van der Waals surface area contributed by atoms with Crippen molar-refractivity contribution >= 4 is 0 Å². The van der Waals surface area contributed by atoms with E-state index < -0.39 is 0 Å². The normalized spacial score (nSPS) is 14.9. The summed E-state index contributed by atoms with van der Waals surface area (Å²) in [7, 11) is 4.14. The molecule has 2 N–H and O–H groups in total. The number of likely N-dealkylation sites (N-methyl/N-ethyl adjacent to an activating group) is 1. The van der Waals surface area contributed by atoms with Gasteiger partial charge in [0.25, 0.3) is 0 Å². The summed E-state index contributed by atoms with van der Waals surface area (Å²) >= 11 is 0. The number of nitrogens with two attached hydrogens (primary N) is 1. The van der Waals surface area contributed by atoms with E-state index in [1.54, 1.807) is 0 Å². The molecule has 0 saturated carbocycles. The van der Waals surface area contributed by atoms with Gasteiger partial charge < -0.3 is 15.4 Å². The van der Waals surface area contributed by atoms with Crippen molar-refractivity contribution in [3.05, 3.63) is 29.8 Å². The Kier molecular flexibility index (Phi) is 5.17. The fourth-order valence-corrected chi connectivity index (χ4v) is 1.85. The van der Waals surface area contributed by atoms with Crippen molar-refractivity contribution in [2.75, 3.05) is 20.6 Å². The average molecular weight is 250 g/mol.